The van der Waals surface area contributed by atoms with E-state index in [0.717, 1.165) is 6.61 Å². The van der Waals surface area contributed by atoms with Crippen molar-refractivity contribution in [1.29, 1.82) is 0 Å². The number of rotatable bonds is 1. The molecule has 11 heavy (non-hydrogen) atoms. The van der Waals surface area contributed by atoms with Gasteiger partial charge in [-0.3, -0.25) is 0 Å². The van der Waals surface area contributed by atoms with Crippen LogP contribution >= 0.6 is 0 Å². The molecule has 0 radical (unpaired) electrons. The Kier molecular flexibility index (Phi) is 3.10. The van der Waals surface area contributed by atoms with Gasteiger partial charge in [-0.15, -0.1) is 0 Å². The highest BCUT2D eigenvalue weighted by Gasteiger charge is 2.23. The average molecular weight is 174 g/mol. The molecule has 0 aromatic heterocycles. The van der Waals surface area contributed by atoms with Crippen LogP contribution in [0.1, 0.15) is 33.6 Å². The van der Waals surface area contributed by atoms with Crippen molar-refractivity contribution in [2.45, 2.75) is 45.3 Å². The van der Waals surface area contributed by atoms with E-state index in [-0.39, 0.29) is 5.60 Å². The van der Waals surface area contributed by atoms with E-state index < -0.39 is 9.28 Å². The standard InChI is InChI=1S/C8H18O2Si/c1-8(2,3)10-11-7-5-4-6-9-11/h11H,4-7H2,1-3H3. The zero-order chi connectivity index (χ0) is 8.32. The lowest BCUT2D eigenvalue weighted by Gasteiger charge is -2.28. The topological polar surface area (TPSA) is 18.5 Å². The summed E-state index contributed by atoms with van der Waals surface area (Å²) >= 11 is 0. The van der Waals surface area contributed by atoms with Crippen LogP contribution in [0.4, 0.5) is 0 Å². The Morgan fingerprint density at radius 2 is 2.00 bits per heavy atom. The zero-order valence-corrected chi connectivity index (χ0v) is 8.88. The van der Waals surface area contributed by atoms with Crippen molar-refractivity contribution in [3.8, 4) is 0 Å². The molecule has 66 valence electrons. The van der Waals surface area contributed by atoms with Crippen molar-refractivity contribution in [3.63, 3.8) is 0 Å². The molecule has 1 aliphatic heterocycles. The molecular formula is C8H18O2Si. The quantitative estimate of drug-likeness (QED) is 0.565. The molecule has 0 bridgehead atoms. The SMILES string of the molecule is CC(C)(C)O[SiH]1CCCCO1. The molecule has 0 spiro atoms. The Morgan fingerprint density at radius 3 is 2.45 bits per heavy atom. The van der Waals surface area contributed by atoms with Gasteiger partial charge in [0.2, 0.25) is 0 Å². The van der Waals surface area contributed by atoms with E-state index in [2.05, 4.69) is 20.8 Å². The number of hydrogen-bond acceptors (Lipinski definition) is 2. The molecule has 0 aromatic carbocycles. The predicted molar refractivity (Wildman–Crippen MR) is 48.0 cm³/mol. The third kappa shape index (κ3) is 3.89. The van der Waals surface area contributed by atoms with Crippen LogP contribution < -0.4 is 0 Å². The van der Waals surface area contributed by atoms with Crippen LogP contribution in [0.3, 0.4) is 0 Å². The van der Waals surface area contributed by atoms with Crippen LogP contribution in [0.15, 0.2) is 0 Å². The van der Waals surface area contributed by atoms with Gasteiger partial charge >= 0.3 is 9.28 Å². The van der Waals surface area contributed by atoms with Crippen LogP contribution in [0, 0.1) is 0 Å². The molecule has 1 atom stereocenters. The van der Waals surface area contributed by atoms with Crippen molar-refractivity contribution in [2.75, 3.05) is 6.61 Å². The normalized spacial score (nSPS) is 27.0. The first-order valence-corrected chi connectivity index (χ1v) is 6.13. The molecule has 0 N–H and O–H groups in total. The highest BCUT2D eigenvalue weighted by molar-refractivity contribution is 6.44. The molecule has 3 heteroatoms. The molecule has 1 aliphatic rings. The third-order valence-electron chi connectivity index (χ3n) is 1.62. The Labute approximate surface area is 70.7 Å². The second-order valence-corrected chi connectivity index (χ2v) is 6.03. The summed E-state index contributed by atoms with van der Waals surface area (Å²) in [7, 11) is -1.25. The van der Waals surface area contributed by atoms with Gasteiger partial charge < -0.3 is 8.85 Å². The number of hydrogen-bond donors (Lipinski definition) is 0. The lowest BCUT2D eigenvalue weighted by atomic mass is 10.2. The predicted octanol–water partition coefficient (Wildman–Crippen LogP) is 1.83. The minimum atomic E-state index is -1.25. The van der Waals surface area contributed by atoms with E-state index in [1.54, 1.807) is 0 Å². The Morgan fingerprint density at radius 1 is 1.27 bits per heavy atom. The molecule has 1 heterocycles. The molecule has 1 saturated heterocycles. The highest BCUT2D eigenvalue weighted by atomic mass is 28.3. The van der Waals surface area contributed by atoms with Crippen LogP contribution in [0.2, 0.25) is 6.04 Å². The maximum atomic E-state index is 5.80. The molecule has 2 nitrogen and oxygen atoms in total. The second kappa shape index (κ2) is 3.69. The molecule has 0 aromatic rings. The van der Waals surface area contributed by atoms with Gasteiger partial charge in [-0.05, 0) is 39.7 Å². The van der Waals surface area contributed by atoms with E-state index in [1.165, 1.54) is 18.9 Å². The highest BCUT2D eigenvalue weighted by Crippen LogP contribution is 2.17. The largest absolute Gasteiger partial charge is 0.397 e. The molecular weight excluding hydrogens is 156 g/mol. The minimum absolute atomic E-state index is 0.00573. The zero-order valence-electron chi connectivity index (χ0n) is 7.72. The third-order valence-corrected chi connectivity index (χ3v) is 4.08. The van der Waals surface area contributed by atoms with E-state index in [9.17, 15) is 0 Å². The Bertz CT molecular complexity index is 114. The summed E-state index contributed by atoms with van der Waals surface area (Å²) < 4.78 is 11.4. The van der Waals surface area contributed by atoms with E-state index in [1.807, 2.05) is 0 Å². The summed E-state index contributed by atoms with van der Waals surface area (Å²) in [5.74, 6) is 0. The van der Waals surface area contributed by atoms with Crippen LogP contribution in [0.25, 0.3) is 0 Å². The van der Waals surface area contributed by atoms with Crippen LogP contribution in [0.5, 0.6) is 0 Å². The van der Waals surface area contributed by atoms with Crippen molar-refractivity contribution >= 4 is 9.28 Å². The maximum Gasteiger partial charge on any atom is 0.321 e. The fourth-order valence-corrected chi connectivity index (χ4v) is 3.39. The Hall–Kier alpha value is 0.137. The van der Waals surface area contributed by atoms with Crippen molar-refractivity contribution in [1.82, 2.24) is 0 Å². The minimum Gasteiger partial charge on any atom is -0.397 e. The van der Waals surface area contributed by atoms with E-state index in [0.29, 0.717) is 0 Å². The lowest BCUT2D eigenvalue weighted by molar-refractivity contribution is 0.0743. The summed E-state index contributed by atoms with van der Waals surface area (Å²) in [5, 5.41) is 0. The van der Waals surface area contributed by atoms with Gasteiger partial charge in [0.25, 0.3) is 0 Å². The monoisotopic (exact) mass is 174 g/mol. The van der Waals surface area contributed by atoms with Gasteiger partial charge in [0.1, 0.15) is 0 Å². The van der Waals surface area contributed by atoms with Crippen LogP contribution in [-0.4, -0.2) is 21.5 Å². The summed E-state index contributed by atoms with van der Waals surface area (Å²) in [6, 6.07) is 1.19. The fourth-order valence-electron chi connectivity index (χ4n) is 1.20. The van der Waals surface area contributed by atoms with E-state index >= 15 is 0 Å². The van der Waals surface area contributed by atoms with Gasteiger partial charge in [-0.25, -0.2) is 0 Å². The average Bonchev–Trinajstić information content (AvgIpc) is 1.85. The van der Waals surface area contributed by atoms with E-state index in [4.69, 9.17) is 8.85 Å². The lowest BCUT2D eigenvalue weighted by Crippen LogP contribution is -2.35. The first-order chi connectivity index (χ1) is 5.08. The molecule has 1 rings (SSSR count). The summed E-state index contributed by atoms with van der Waals surface area (Å²) in [5.41, 5.74) is -0.00573. The smallest absolute Gasteiger partial charge is 0.321 e. The van der Waals surface area contributed by atoms with Crippen molar-refractivity contribution < 1.29 is 8.85 Å². The first kappa shape index (κ1) is 9.23. The van der Waals surface area contributed by atoms with Crippen LogP contribution in [-0.2, 0) is 8.85 Å². The summed E-state index contributed by atoms with van der Waals surface area (Å²) in [4.78, 5) is 0. The summed E-state index contributed by atoms with van der Waals surface area (Å²) in [6.07, 6.45) is 2.52. The van der Waals surface area contributed by atoms with Gasteiger partial charge in [0.15, 0.2) is 0 Å². The molecule has 0 amide bonds. The van der Waals surface area contributed by atoms with Gasteiger partial charge in [-0.2, -0.15) is 0 Å². The van der Waals surface area contributed by atoms with Crippen molar-refractivity contribution in [2.24, 2.45) is 0 Å². The first-order valence-electron chi connectivity index (χ1n) is 4.37. The summed E-state index contributed by atoms with van der Waals surface area (Å²) in [6.45, 7) is 7.21. The van der Waals surface area contributed by atoms with Crippen molar-refractivity contribution in [3.05, 3.63) is 0 Å². The maximum absolute atomic E-state index is 5.80. The van der Waals surface area contributed by atoms with Gasteiger partial charge in [0, 0.05) is 12.2 Å². The molecule has 1 fully saturated rings. The Balaban J connectivity index is 2.24. The molecule has 1 unspecified atom stereocenters. The van der Waals surface area contributed by atoms with Gasteiger partial charge in [0.05, 0.1) is 0 Å². The fraction of sp³-hybridized carbons (Fsp3) is 1.00. The molecule has 0 saturated carbocycles. The van der Waals surface area contributed by atoms with Gasteiger partial charge in [-0.1, -0.05) is 0 Å². The molecule has 0 aliphatic carbocycles. The second-order valence-electron chi connectivity index (χ2n) is 4.03.